The van der Waals surface area contributed by atoms with Gasteiger partial charge in [-0.2, -0.15) is 0 Å². The van der Waals surface area contributed by atoms with Gasteiger partial charge in [-0.25, -0.2) is 0 Å². The van der Waals surface area contributed by atoms with Crippen LogP contribution in [0.3, 0.4) is 0 Å². The average Bonchev–Trinajstić information content (AvgIpc) is 2.02. The van der Waals surface area contributed by atoms with Gasteiger partial charge in [0.2, 0.25) is 0 Å². The first-order valence-corrected chi connectivity index (χ1v) is 4.17. The van der Waals surface area contributed by atoms with E-state index in [0.29, 0.717) is 5.54 Å². The van der Waals surface area contributed by atoms with E-state index in [9.17, 15) is 0 Å². The molecule has 0 aromatic carbocycles. The molecule has 2 heteroatoms. The Morgan fingerprint density at radius 1 is 1.55 bits per heavy atom. The molecule has 2 fully saturated rings. The van der Waals surface area contributed by atoms with Crippen LogP contribution in [0, 0.1) is 12.3 Å². The molecule has 1 spiro atoms. The number of morpholine rings is 1. The lowest BCUT2D eigenvalue weighted by molar-refractivity contribution is -0.0374. The van der Waals surface area contributed by atoms with Crippen LogP contribution in [0.15, 0.2) is 0 Å². The smallest absolute Gasteiger partial charge is 0.130 e. The predicted molar refractivity (Wildman–Crippen MR) is 43.2 cm³/mol. The zero-order valence-corrected chi connectivity index (χ0v) is 6.60. The fourth-order valence-electron chi connectivity index (χ4n) is 1.71. The molecule has 1 N–H and O–H groups in total. The van der Waals surface area contributed by atoms with Gasteiger partial charge < -0.3 is 10.1 Å². The van der Waals surface area contributed by atoms with Crippen molar-refractivity contribution in [1.82, 2.24) is 5.32 Å². The first-order chi connectivity index (χ1) is 5.35. The molecule has 0 amide bonds. The summed E-state index contributed by atoms with van der Waals surface area (Å²) in [4.78, 5) is 0. The Balaban J connectivity index is 1.90. The molecule has 0 bridgehead atoms. The number of hydrogen-bond acceptors (Lipinski definition) is 2. The van der Waals surface area contributed by atoms with E-state index < -0.39 is 0 Å². The summed E-state index contributed by atoms with van der Waals surface area (Å²) in [6, 6.07) is 0. The molecule has 1 saturated heterocycles. The quantitative estimate of drug-likeness (QED) is 0.510. The molecule has 11 heavy (non-hydrogen) atoms. The normalized spacial score (nSPS) is 34.3. The number of nitrogens with one attached hydrogen (secondary N) is 1. The van der Waals surface area contributed by atoms with Gasteiger partial charge in [0, 0.05) is 12.1 Å². The second-order valence-electron chi connectivity index (χ2n) is 3.48. The van der Waals surface area contributed by atoms with Gasteiger partial charge in [-0.15, -0.1) is 6.42 Å². The Morgan fingerprint density at radius 2 is 2.36 bits per heavy atom. The first-order valence-electron chi connectivity index (χ1n) is 4.17. The third-order valence-corrected chi connectivity index (χ3v) is 2.72. The second kappa shape index (κ2) is 2.51. The molecular weight excluding hydrogens is 138 g/mol. The summed E-state index contributed by atoms with van der Waals surface area (Å²) in [7, 11) is 0. The van der Waals surface area contributed by atoms with Crippen molar-refractivity contribution in [2.24, 2.45) is 0 Å². The van der Waals surface area contributed by atoms with Crippen LogP contribution in [0.2, 0.25) is 0 Å². The highest BCUT2D eigenvalue weighted by molar-refractivity contribution is 5.05. The Bertz CT molecular complexity index is 180. The molecule has 1 unspecified atom stereocenters. The van der Waals surface area contributed by atoms with Crippen molar-refractivity contribution in [3.05, 3.63) is 0 Å². The summed E-state index contributed by atoms with van der Waals surface area (Å²) in [6.07, 6.45) is 9.08. The monoisotopic (exact) mass is 151 g/mol. The van der Waals surface area contributed by atoms with E-state index in [4.69, 9.17) is 11.2 Å². The highest BCUT2D eigenvalue weighted by Gasteiger charge is 2.40. The molecule has 1 aliphatic heterocycles. The van der Waals surface area contributed by atoms with E-state index in [1.165, 1.54) is 19.3 Å². The van der Waals surface area contributed by atoms with Crippen LogP contribution in [-0.4, -0.2) is 24.8 Å². The Hall–Kier alpha value is -0.520. The van der Waals surface area contributed by atoms with Crippen molar-refractivity contribution in [2.75, 3.05) is 13.2 Å². The largest absolute Gasteiger partial charge is 0.362 e. The maximum absolute atomic E-state index is 5.49. The van der Waals surface area contributed by atoms with Crippen LogP contribution < -0.4 is 5.32 Å². The molecule has 2 nitrogen and oxygen atoms in total. The zero-order valence-electron chi connectivity index (χ0n) is 6.60. The Kier molecular flexibility index (Phi) is 1.63. The minimum Gasteiger partial charge on any atom is -0.362 e. The first kappa shape index (κ1) is 7.15. The molecule has 1 saturated carbocycles. The molecule has 0 aromatic rings. The lowest BCUT2D eigenvalue weighted by atomic mass is 9.76. The van der Waals surface area contributed by atoms with Crippen molar-refractivity contribution < 1.29 is 4.74 Å². The summed E-state index contributed by atoms with van der Waals surface area (Å²) < 4.78 is 5.49. The van der Waals surface area contributed by atoms with Gasteiger partial charge in [-0.1, -0.05) is 5.92 Å². The fraction of sp³-hybridized carbons (Fsp3) is 0.778. The Labute approximate surface area is 67.3 Å². The van der Waals surface area contributed by atoms with Crippen LogP contribution in [0.5, 0.6) is 0 Å². The lowest BCUT2D eigenvalue weighted by Gasteiger charge is -2.46. The number of rotatable bonds is 0. The van der Waals surface area contributed by atoms with E-state index in [1.807, 2.05) is 0 Å². The fourth-order valence-corrected chi connectivity index (χ4v) is 1.71. The van der Waals surface area contributed by atoms with E-state index in [2.05, 4.69) is 11.2 Å². The van der Waals surface area contributed by atoms with Gasteiger partial charge in [0.25, 0.3) is 0 Å². The van der Waals surface area contributed by atoms with Gasteiger partial charge >= 0.3 is 0 Å². The minimum absolute atomic E-state index is 0.00113. The zero-order chi connectivity index (χ0) is 7.73. The molecule has 0 aromatic heterocycles. The SMILES string of the molecule is C#CC1CNC2(CCC2)CO1. The standard InChI is InChI=1S/C9H13NO/c1-2-8-6-10-9(7-11-8)4-3-5-9/h1,8,10H,3-7H2. The number of terminal acetylenes is 1. The number of ether oxygens (including phenoxy) is 1. The van der Waals surface area contributed by atoms with E-state index >= 15 is 0 Å². The van der Waals surface area contributed by atoms with Crippen LogP contribution in [0.25, 0.3) is 0 Å². The molecule has 1 atom stereocenters. The molecule has 1 aliphatic carbocycles. The van der Waals surface area contributed by atoms with Crippen molar-refractivity contribution in [3.63, 3.8) is 0 Å². The maximum Gasteiger partial charge on any atom is 0.130 e. The van der Waals surface area contributed by atoms with Gasteiger partial charge in [-0.05, 0) is 19.3 Å². The van der Waals surface area contributed by atoms with Gasteiger partial charge in [0.1, 0.15) is 6.10 Å². The average molecular weight is 151 g/mol. The maximum atomic E-state index is 5.49. The van der Waals surface area contributed by atoms with Gasteiger partial charge in [-0.3, -0.25) is 0 Å². The van der Waals surface area contributed by atoms with Crippen molar-refractivity contribution in [2.45, 2.75) is 30.9 Å². The Morgan fingerprint density at radius 3 is 2.73 bits per heavy atom. The van der Waals surface area contributed by atoms with Crippen molar-refractivity contribution in [3.8, 4) is 12.3 Å². The summed E-state index contributed by atoms with van der Waals surface area (Å²) >= 11 is 0. The van der Waals surface area contributed by atoms with Crippen LogP contribution in [-0.2, 0) is 4.74 Å². The molecule has 2 aliphatic rings. The molecule has 1 heterocycles. The van der Waals surface area contributed by atoms with E-state index in [0.717, 1.165) is 13.2 Å². The van der Waals surface area contributed by atoms with E-state index in [1.54, 1.807) is 0 Å². The summed E-state index contributed by atoms with van der Waals surface area (Å²) in [6.45, 7) is 1.64. The molecule has 2 rings (SSSR count). The summed E-state index contributed by atoms with van der Waals surface area (Å²) in [5.74, 6) is 2.61. The second-order valence-corrected chi connectivity index (χ2v) is 3.48. The van der Waals surface area contributed by atoms with E-state index in [-0.39, 0.29) is 6.10 Å². The van der Waals surface area contributed by atoms with Crippen molar-refractivity contribution >= 4 is 0 Å². The topological polar surface area (TPSA) is 21.3 Å². The van der Waals surface area contributed by atoms with Crippen molar-refractivity contribution in [1.29, 1.82) is 0 Å². The molecule has 0 radical (unpaired) electrons. The molecule has 60 valence electrons. The van der Waals surface area contributed by atoms with Crippen LogP contribution in [0.1, 0.15) is 19.3 Å². The van der Waals surface area contributed by atoms with Gasteiger partial charge in [0.05, 0.1) is 6.61 Å². The highest BCUT2D eigenvalue weighted by Crippen LogP contribution is 2.33. The van der Waals surface area contributed by atoms with Gasteiger partial charge in [0.15, 0.2) is 0 Å². The lowest BCUT2D eigenvalue weighted by Crippen LogP contribution is -2.60. The van der Waals surface area contributed by atoms with Crippen LogP contribution in [0.4, 0.5) is 0 Å². The molecular formula is C9H13NO. The third kappa shape index (κ3) is 1.15. The third-order valence-electron chi connectivity index (χ3n) is 2.72. The summed E-state index contributed by atoms with van der Waals surface area (Å²) in [5, 5.41) is 3.47. The predicted octanol–water partition coefficient (Wildman–Crippen LogP) is 0.531. The minimum atomic E-state index is 0.00113. The summed E-state index contributed by atoms with van der Waals surface area (Å²) in [5.41, 5.74) is 0.313. The highest BCUT2D eigenvalue weighted by atomic mass is 16.5. The van der Waals surface area contributed by atoms with Crippen LogP contribution >= 0.6 is 0 Å². The number of hydrogen-bond donors (Lipinski definition) is 1.